The van der Waals surface area contributed by atoms with Crippen molar-refractivity contribution >= 4 is 26.7 Å². The fourth-order valence-corrected chi connectivity index (χ4v) is 1.49. The van der Waals surface area contributed by atoms with Crippen molar-refractivity contribution in [2.24, 2.45) is 0 Å². The minimum absolute atomic E-state index is 0.698. The molecule has 0 unspecified atom stereocenters. The van der Waals surface area contributed by atoms with Gasteiger partial charge in [0.15, 0.2) is 0 Å². The van der Waals surface area contributed by atoms with E-state index in [1.54, 1.807) is 6.20 Å². The highest BCUT2D eigenvalue weighted by molar-refractivity contribution is 9.09. The predicted molar refractivity (Wildman–Crippen MR) is 62.4 cm³/mol. The Hall–Kier alpha value is -1.33. The third-order valence-electron chi connectivity index (χ3n) is 1.97. The zero-order chi connectivity index (χ0) is 9.80. The molecular formula is C12H8BrN. The summed E-state index contributed by atoms with van der Waals surface area (Å²) in [5.74, 6) is 6.10. The fraction of sp³-hybridized carbons (Fsp3) is 0.0833. The first-order valence-corrected chi connectivity index (χ1v) is 5.41. The second kappa shape index (κ2) is 4.26. The van der Waals surface area contributed by atoms with Gasteiger partial charge in [-0.1, -0.05) is 39.9 Å². The highest BCUT2D eigenvalue weighted by atomic mass is 79.9. The highest BCUT2D eigenvalue weighted by Crippen LogP contribution is 2.15. The number of hydrogen-bond donors (Lipinski definition) is 0. The van der Waals surface area contributed by atoms with E-state index in [1.807, 2.05) is 24.4 Å². The number of nitrogens with zero attached hydrogens (tertiary/aromatic N) is 1. The summed E-state index contributed by atoms with van der Waals surface area (Å²) < 4.78 is 0. The molecule has 14 heavy (non-hydrogen) atoms. The zero-order valence-electron chi connectivity index (χ0n) is 7.50. The fourth-order valence-electron chi connectivity index (χ4n) is 1.35. The molecule has 0 radical (unpaired) electrons. The van der Waals surface area contributed by atoms with Crippen LogP contribution in [-0.4, -0.2) is 10.3 Å². The second-order valence-corrected chi connectivity index (χ2v) is 3.40. The van der Waals surface area contributed by atoms with E-state index in [-0.39, 0.29) is 0 Å². The van der Waals surface area contributed by atoms with E-state index < -0.39 is 0 Å². The smallest absolute Gasteiger partial charge is 0.0649 e. The van der Waals surface area contributed by atoms with Crippen molar-refractivity contribution in [1.82, 2.24) is 4.98 Å². The average Bonchev–Trinajstić information content (AvgIpc) is 2.26. The molecule has 68 valence electrons. The summed E-state index contributed by atoms with van der Waals surface area (Å²) in [7, 11) is 0. The van der Waals surface area contributed by atoms with Crippen LogP contribution in [0.5, 0.6) is 0 Å². The van der Waals surface area contributed by atoms with Gasteiger partial charge in [-0.05, 0) is 17.5 Å². The SMILES string of the molecule is BrCC#Cc1cccc2ccncc12. The van der Waals surface area contributed by atoms with E-state index in [0.29, 0.717) is 5.33 Å². The number of halogens is 1. The third-order valence-corrected chi connectivity index (χ3v) is 2.25. The number of rotatable bonds is 0. The van der Waals surface area contributed by atoms with Crippen LogP contribution < -0.4 is 0 Å². The molecule has 2 heteroatoms. The van der Waals surface area contributed by atoms with Gasteiger partial charge in [0.25, 0.3) is 0 Å². The van der Waals surface area contributed by atoms with Crippen LogP contribution in [0.25, 0.3) is 10.8 Å². The van der Waals surface area contributed by atoms with E-state index in [0.717, 1.165) is 10.9 Å². The van der Waals surface area contributed by atoms with Gasteiger partial charge < -0.3 is 0 Å². The number of benzene rings is 1. The van der Waals surface area contributed by atoms with Gasteiger partial charge in [0.2, 0.25) is 0 Å². The summed E-state index contributed by atoms with van der Waals surface area (Å²) in [6.07, 6.45) is 3.65. The van der Waals surface area contributed by atoms with Crippen molar-refractivity contribution in [2.75, 3.05) is 5.33 Å². The first-order chi connectivity index (χ1) is 6.92. The molecule has 0 N–H and O–H groups in total. The molecule has 0 aliphatic heterocycles. The Morgan fingerprint density at radius 2 is 2.21 bits per heavy atom. The summed E-state index contributed by atoms with van der Waals surface area (Å²) in [5, 5.41) is 2.99. The molecule has 2 rings (SSSR count). The first kappa shape index (κ1) is 9.23. The molecule has 1 nitrogen and oxygen atoms in total. The summed E-state index contributed by atoms with van der Waals surface area (Å²) in [4.78, 5) is 4.10. The Balaban J connectivity index is 2.65. The molecule has 1 heterocycles. The van der Waals surface area contributed by atoms with Crippen LogP contribution in [0.15, 0.2) is 36.7 Å². The van der Waals surface area contributed by atoms with Crippen molar-refractivity contribution in [3.63, 3.8) is 0 Å². The molecule has 0 spiro atoms. The van der Waals surface area contributed by atoms with Gasteiger partial charge in [0, 0.05) is 23.3 Å². The normalized spacial score (nSPS) is 9.50. The maximum Gasteiger partial charge on any atom is 0.0649 e. The van der Waals surface area contributed by atoms with Crippen LogP contribution in [0.2, 0.25) is 0 Å². The Labute approximate surface area is 91.3 Å². The van der Waals surface area contributed by atoms with Gasteiger partial charge in [0.1, 0.15) is 0 Å². The largest absolute Gasteiger partial charge is 0.264 e. The lowest BCUT2D eigenvalue weighted by Crippen LogP contribution is -1.80. The average molecular weight is 246 g/mol. The minimum Gasteiger partial charge on any atom is -0.264 e. The molecule has 2 aromatic rings. The standard InChI is InChI=1S/C12H8BrN/c13-7-2-5-10-3-1-4-11-6-8-14-9-12(10)11/h1,3-4,6,8-9H,7H2. The van der Waals surface area contributed by atoms with Gasteiger partial charge in [-0.3, -0.25) is 4.98 Å². The van der Waals surface area contributed by atoms with Crippen LogP contribution in [0.1, 0.15) is 5.56 Å². The van der Waals surface area contributed by atoms with Crippen LogP contribution in [-0.2, 0) is 0 Å². The molecule has 1 aromatic carbocycles. The van der Waals surface area contributed by atoms with Gasteiger partial charge in [0.05, 0.1) is 5.33 Å². The van der Waals surface area contributed by atoms with Crippen LogP contribution in [0.3, 0.4) is 0 Å². The number of hydrogen-bond acceptors (Lipinski definition) is 1. The molecule has 0 atom stereocenters. The van der Waals surface area contributed by atoms with Crippen molar-refractivity contribution in [3.8, 4) is 11.8 Å². The van der Waals surface area contributed by atoms with E-state index in [2.05, 4.69) is 38.8 Å². The lowest BCUT2D eigenvalue weighted by atomic mass is 10.1. The van der Waals surface area contributed by atoms with E-state index in [4.69, 9.17) is 0 Å². The van der Waals surface area contributed by atoms with E-state index in [1.165, 1.54) is 5.39 Å². The van der Waals surface area contributed by atoms with Crippen molar-refractivity contribution in [3.05, 3.63) is 42.2 Å². The first-order valence-electron chi connectivity index (χ1n) is 4.29. The Kier molecular flexibility index (Phi) is 2.81. The number of pyridine rings is 1. The number of aromatic nitrogens is 1. The van der Waals surface area contributed by atoms with Gasteiger partial charge in [-0.15, -0.1) is 0 Å². The molecule has 0 aliphatic rings. The number of alkyl halides is 1. The van der Waals surface area contributed by atoms with Gasteiger partial charge in [-0.2, -0.15) is 0 Å². The van der Waals surface area contributed by atoms with E-state index >= 15 is 0 Å². The van der Waals surface area contributed by atoms with Crippen molar-refractivity contribution in [1.29, 1.82) is 0 Å². The Morgan fingerprint density at radius 3 is 3.07 bits per heavy atom. The topological polar surface area (TPSA) is 12.9 Å². The molecular weight excluding hydrogens is 238 g/mol. The highest BCUT2D eigenvalue weighted by Gasteiger charge is 1.96. The lowest BCUT2D eigenvalue weighted by Gasteiger charge is -1.98. The lowest BCUT2D eigenvalue weighted by molar-refractivity contribution is 1.36. The van der Waals surface area contributed by atoms with Gasteiger partial charge in [-0.25, -0.2) is 0 Å². The molecule has 1 aromatic heterocycles. The van der Waals surface area contributed by atoms with Crippen LogP contribution in [0, 0.1) is 11.8 Å². The quantitative estimate of drug-likeness (QED) is 0.514. The van der Waals surface area contributed by atoms with E-state index in [9.17, 15) is 0 Å². The molecule has 0 saturated heterocycles. The van der Waals surface area contributed by atoms with Crippen molar-refractivity contribution in [2.45, 2.75) is 0 Å². The summed E-state index contributed by atoms with van der Waals surface area (Å²) in [5.41, 5.74) is 1.04. The van der Waals surface area contributed by atoms with Crippen LogP contribution >= 0.6 is 15.9 Å². The third kappa shape index (κ3) is 1.78. The maximum atomic E-state index is 4.10. The second-order valence-electron chi connectivity index (χ2n) is 2.84. The molecule has 0 fully saturated rings. The van der Waals surface area contributed by atoms with Gasteiger partial charge >= 0.3 is 0 Å². The van der Waals surface area contributed by atoms with Crippen molar-refractivity contribution < 1.29 is 0 Å². The Bertz CT molecular complexity index is 503. The molecule has 0 bridgehead atoms. The predicted octanol–water partition coefficient (Wildman–Crippen LogP) is 2.98. The molecule has 0 saturated carbocycles. The number of fused-ring (bicyclic) bond motifs is 1. The van der Waals surface area contributed by atoms with Crippen LogP contribution in [0.4, 0.5) is 0 Å². The maximum absolute atomic E-state index is 4.10. The monoisotopic (exact) mass is 245 g/mol. The summed E-state index contributed by atoms with van der Waals surface area (Å²) in [6, 6.07) is 8.09. The molecule has 0 amide bonds. The summed E-state index contributed by atoms with van der Waals surface area (Å²) in [6.45, 7) is 0. The summed E-state index contributed by atoms with van der Waals surface area (Å²) >= 11 is 3.28. The Morgan fingerprint density at radius 1 is 1.29 bits per heavy atom. The minimum atomic E-state index is 0.698. The zero-order valence-corrected chi connectivity index (χ0v) is 9.08. The molecule has 0 aliphatic carbocycles.